The molecule has 0 bridgehead atoms. The van der Waals surface area contributed by atoms with Crippen molar-refractivity contribution in [2.24, 2.45) is 5.92 Å². The standard InChI is InChI=1S/C20H26N4O3S2/c1-12-6-7-15-17(10-12)28-20(21-15)22-19(25)18-14-4-2-3-5-16(14)24(23-18)13-8-9-29(26,27)11-13/h12-13H,2-11H2,1H3,(H,21,22,25)/t12-,13-/m1/s1. The number of carbonyl (C=O) groups is 1. The van der Waals surface area contributed by atoms with Gasteiger partial charge in [-0.15, -0.1) is 11.3 Å². The number of nitrogens with one attached hydrogen (secondary N) is 1. The normalized spacial score (nSPS) is 25.4. The van der Waals surface area contributed by atoms with Crippen molar-refractivity contribution in [3.05, 3.63) is 27.5 Å². The van der Waals surface area contributed by atoms with Crippen molar-refractivity contribution in [1.82, 2.24) is 14.8 Å². The molecule has 1 fully saturated rings. The van der Waals surface area contributed by atoms with Crippen LogP contribution in [0.15, 0.2) is 0 Å². The van der Waals surface area contributed by atoms with E-state index in [1.54, 1.807) is 11.3 Å². The fraction of sp³-hybridized carbons (Fsp3) is 0.650. The highest BCUT2D eigenvalue weighted by Gasteiger charge is 2.34. The zero-order valence-electron chi connectivity index (χ0n) is 16.6. The number of amides is 1. The number of aromatic nitrogens is 3. The van der Waals surface area contributed by atoms with Crippen molar-refractivity contribution in [3.63, 3.8) is 0 Å². The molecule has 9 heteroatoms. The summed E-state index contributed by atoms with van der Waals surface area (Å²) in [5.74, 6) is 0.773. The number of hydrogen-bond donors (Lipinski definition) is 1. The van der Waals surface area contributed by atoms with E-state index in [9.17, 15) is 13.2 Å². The maximum atomic E-state index is 13.1. The lowest BCUT2D eigenvalue weighted by atomic mass is 9.93. The highest BCUT2D eigenvalue weighted by atomic mass is 32.2. The average molecular weight is 435 g/mol. The minimum atomic E-state index is -3.01. The Kier molecular flexibility index (Phi) is 4.77. The lowest BCUT2D eigenvalue weighted by Gasteiger charge is -2.17. The lowest BCUT2D eigenvalue weighted by molar-refractivity contribution is 0.102. The summed E-state index contributed by atoms with van der Waals surface area (Å²) in [6.45, 7) is 2.25. The van der Waals surface area contributed by atoms with Gasteiger partial charge in [0.25, 0.3) is 5.91 Å². The molecule has 0 unspecified atom stereocenters. The first kappa shape index (κ1) is 19.2. The van der Waals surface area contributed by atoms with Crippen LogP contribution in [0.2, 0.25) is 0 Å². The largest absolute Gasteiger partial charge is 0.296 e. The number of sulfone groups is 1. The summed E-state index contributed by atoms with van der Waals surface area (Å²) in [5.41, 5.74) is 3.61. The first-order chi connectivity index (χ1) is 13.9. The molecule has 5 rings (SSSR count). The molecule has 3 aliphatic rings. The third-order valence-electron chi connectivity index (χ3n) is 6.38. The molecule has 2 aromatic heterocycles. The van der Waals surface area contributed by atoms with Crippen LogP contribution < -0.4 is 5.32 Å². The number of thiazole rings is 1. The lowest BCUT2D eigenvalue weighted by Crippen LogP contribution is -2.17. The fourth-order valence-corrected chi connectivity index (χ4v) is 7.69. The molecule has 156 valence electrons. The van der Waals surface area contributed by atoms with Gasteiger partial charge in [-0.05, 0) is 57.3 Å². The number of hydrogen-bond acceptors (Lipinski definition) is 6. The molecule has 0 saturated carbocycles. The highest BCUT2D eigenvalue weighted by molar-refractivity contribution is 7.91. The molecule has 7 nitrogen and oxygen atoms in total. The summed E-state index contributed by atoms with van der Waals surface area (Å²) in [4.78, 5) is 19.0. The minimum Gasteiger partial charge on any atom is -0.296 e. The van der Waals surface area contributed by atoms with Crippen LogP contribution >= 0.6 is 11.3 Å². The summed E-state index contributed by atoms with van der Waals surface area (Å²) >= 11 is 1.57. The van der Waals surface area contributed by atoms with Gasteiger partial charge < -0.3 is 0 Å². The van der Waals surface area contributed by atoms with Crippen LogP contribution in [0.25, 0.3) is 0 Å². The SMILES string of the molecule is C[C@@H]1CCc2nc(NC(=O)c3nn([C@@H]4CCS(=O)(=O)C4)c4c3CCCC4)sc2C1. The van der Waals surface area contributed by atoms with Crippen molar-refractivity contribution in [1.29, 1.82) is 0 Å². The van der Waals surface area contributed by atoms with Crippen LogP contribution in [0, 0.1) is 5.92 Å². The van der Waals surface area contributed by atoms with Gasteiger partial charge in [0, 0.05) is 16.1 Å². The predicted molar refractivity (Wildman–Crippen MR) is 112 cm³/mol. The van der Waals surface area contributed by atoms with Crippen molar-refractivity contribution < 1.29 is 13.2 Å². The number of nitrogens with zero attached hydrogens (tertiary/aromatic N) is 3. The van der Waals surface area contributed by atoms with Crippen LogP contribution in [0.3, 0.4) is 0 Å². The van der Waals surface area contributed by atoms with Gasteiger partial charge in [-0.3, -0.25) is 14.8 Å². The van der Waals surface area contributed by atoms with E-state index in [2.05, 4.69) is 22.3 Å². The third kappa shape index (κ3) is 3.63. The van der Waals surface area contributed by atoms with E-state index in [1.807, 2.05) is 4.68 Å². The van der Waals surface area contributed by atoms with Gasteiger partial charge >= 0.3 is 0 Å². The molecule has 1 N–H and O–H groups in total. The van der Waals surface area contributed by atoms with Crippen molar-refractivity contribution in [2.45, 2.75) is 64.3 Å². The number of aryl methyl sites for hydroxylation is 1. The molecule has 1 saturated heterocycles. The topological polar surface area (TPSA) is 93.9 Å². The van der Waals surface area contributed by atoms with E-state index in [4.69, 9.17) is 0 Å². The smallest absolute Gasteiger partial charge is 0.278 e. The first-order valence-corrected chi connectivity index (χ1v) is 13.1. The minimum absolute atomic E-state index is 0.125. The summed E-state index contributed by atoms with van der Waals surface area (Å²) in [6, 6.07) is -0.151. The van der Waals surface area contributed by atoms with Crippen LogP contribution in [0.4, 0.5) is 5.13 Å². The molecule has 0 spiro atoms. The van der Waals surface area contributed by atoms with Gasteiger partial charge in [0.1, 0.15) is 0 Å². The highest BCUT2D eigenvalue weighted by Crippen LogP contribution is 2.34. The molecule has 2 aromatic rings. The van der Waals surface area contributed by atoms with Crippen molar-refractivity contribution >= 4 is 32.2 Å². The van der Waals surface area contributed by atoms with Gasteiger partial charge in [-0.2, -0.15) is 5.10 Å². The summed E-state index contributed by atoms with van der Waals surface area (Å²) in [6.07, 6.45) is 7.49. The molecule has 0 aromatic carbocycles. The van der Waals surface area contributed by atoms with E-state index >= 15 is 0 Å². The average Bonchev–Trinajstić information content (AvgIpc) is 3.35. The Balaban J connectivity index is 1.43. The van der Waals surface area contributed by atoms with E-state index in [-0.39, 0.29) is 23.5 Å². The van der Waals surface area contributed by atoms with Gasteiger partial charge in [0.2, 0.25) is 0 Å². The van der Waals surface area contributed by atoms with Gasteiger partial charge in [0.15, 0.2) is 20.7 Å². The Morgan fingerprint density at radius 2 is 2.03 bits per heavy atom. The second-order valence-electron chi connectivity index (χ2n) is 8.67. The summed E-state index contributed by atoms with van der Waals surface area (Å²) < 4.78 is 25.8. The monoisotopic (exact) mass is 434 g/mol. The Hall–Kier alpha value is -1.74. The second kappa shape index (κ2) is 7.19. The molecule has 29 heavy (non-hydrogen) atoms. The number of rotatable bonds is 3. The van der Waals surface area contributed by atoms with Crippen LogP contribution in [0.5, 0.6) is 0 Å². The molecule has 0 radical (unpaired) electrons. The van der Waals surface area contributed by atoms with E-state index in [0.717, 1.165) is 61.9 Å². The quantitative estimate of drug-likeness (QED) is 0.802. The third-order valence-corrected chi connectivity index (χ3v) is 9.17. The Morgan fingerprint density at radius 3 is 2.83 bits per heavy atom. The van der Waals surface area contributed by atoms with Gasteiger partial charge in [-0.1, -0.05) is 6.92 Å². The Labute approximate surface area is 174 Å². The molecule has 1 aliphatic heterocycles. The molecule has 3 heterocycles. The molecular weight excluding hydrogens is 408 g/mol. The number of fused-ring (bicyclic) bond motifs is 2. The summed E-state index contributed by atoms with van der Waals surface area (Å²) in [5, 5.41) is 8.27. The summed E-state index contributed by atoms with van der Waals surface area (Å²) in [7, 11) is -3.01. The molecule has 1 amide bonds. The second-order valence-corrected chi connectivity index (χ2v) is 12.0. The first-order valence-electron chi connectivity index (χ1n) is 10.5. The van der Waals surface area contributed by atoms with E-state index in [1.165, 1.54) is 4.88 Å². The van der Waals surface area contributed by atoms with Gasteiger partial charge in [-0.25, -0.2) is 13.4 Å². The predicted octanol–water partition coefficient (Wildman–Crippen LogP) is 2.96. The number of anilines is 1. The maximum absolute atomic E-state index is 13.1. The van der Waals surface area contributed by atoms with E-state index in [0.29, 0.717) is 23.2 Å². The zero-order chi connectivity index (χ0) is 20.2. The van der Waals surface area contributed by atoms with Crippen molar-refractivity contribution in [2.75, 3.05) is 16.8 Å². The van der Waals surface area contributed by atoms with Gasteiger partial charge in [0.05, 0.1) is 23.2 Å². The molecule has 2 atom stereocenters. The van der Waals surface area contributed by atoms with E-state index < -0.39 is 9.84 Å². The fourth-order valence-electron chi connectivity index (χ4n) is 4.83. The maximum Gasteiger partial charge on any atom is 0.278 e. The van der Waals surface area contributed by atoms with Crippen LogP contribution in [-0.4, -0.2) is 40.6 Å². The number of carbonyl (C=O) groups excluding carboxylic acids is 1. The Bertz CT molecular complexity index is 1070. The molecular formula is C20H26N4O3S2. The van der Waals surface area contributed by atoms with Crippen LogP contribution in [-0.2, 0) is 35.5 Å². The Morgan fingerprint density at radius 1 is 1.21 bits per heavy atom. The van der Waals surface area contributed by atoms with Crippen LogP contribution in [0.1, 0.15) is 71.0 Å². The van der Waals surface area contributed by atoms with Crippen molar-refractivity contribution in [3.8, 4) is 0 Å². The zero-order valence-corrected chi connectivity index (χ0v) is 18.2. The molecule has 2 aliphatic carbocycles.